The summed E-state index contributed by atoms with van der Waals surface area (Å²) in [4.78, 5) is 22.0. The van der Waals surface area contributed by atoms with E-state index in [0.717, 1.165) is 35.5 Å². The third kappa shape index (κ3) is 3.11. The van der Waals surface area contributed by atoms with Crippen LogP contribution in [0.3, 0.4) is 0 Å². The van der Waals surface area contributed by atoms with Gasteiger partial charge in [0.05, 0.1) is 17.9 Å². The second-order valence-electron chi connectivity index (χ2n) is 8.55. The lowest BCUT2D eigenvalue weighted by Gasteiger charge is -2.33. The van der Waals surface area contributed by atoms with Crippen LogP contribution in [0.2, 0.25) is 0 Å². The molecule has 0 spiro atoms. The summed E-state index contributed by atoms with van der Waals surface area (Å²) >= 11 is 0. The highest BCUT2D eigenvalue weighted by molar-refractivity contribution is 6.07. The lowest BCUT2D eigenvalue weighted by atomic mass is 10.0. The van der Waals surface area contributed by atoms with E-state index in [9.17, 15) is 4.79 Å². The summed E-state index contributed by atoms with van der Waals surface area (Å²) in [5.74, 6) is 1.21. The van der Waals surface area contributed by atoms with Gasteiger partial charge in [-0.1, -0.05) is 42.5 Å². The monoisotopic (exact) mass is 424 g/mol. The number of aliphatic imine (C=N–C) groups is 1. The maximum atomic E-state index is 13.3. The van der Waals surface area contributed by atoms with Crippen LogP contribution in [0.25, 0.3) is 0 Å². The van der Waals surface area contributed by atoms with Gasteiger partial charge in [0.25, 0.3) is 5.91 Å². The molecule has 0 aromatic heterocycles. The molecule has 6 rings (SSSR count). The van der Waals surface area contributed by atoms with Crippen molar-refractivity contribution in [2.75, 3.05) is 18.1 Å². The van der Waals surface area contributed by atoms with Gasteiger partial charge in [0.1, 0.15) is 12.4 Å². The number of benzene rings is 3. The lowest BCUT2D eigenvalue weighted by Crippen LogP contribution is -2.46. The molecule has 3 aliphatic rings. The Balaban J connectivity index is 1.26. The number of nitrogens with zero attached hydrogens (tertiary/aromatic N) is 3. The SMILES string of the molecule is NC1=Nc2cc(C(=O)N3CCOc4ccccc43)ccc2CN1C1Cc2ccccc2C1. The predicted molar refractivity (Wildman–Crippen MR) is 125 cm³/mol. The first-order valence-corrected chi connectivity index (χ1v) is 11.0. The van der Waals surface area contributed by atoms with Gasteiger partial charge in [0, 0.05) is 18.2 Å². The van der Waals surface area contributed by atoms with Gasteiger partial charge < -0.3 is 20.3 Å². The quantitative estimate of drug-likeness (QED) is 0.682. The number of para-hydroxylation sites is 2. The van der Waals surface area contributed by atoms with Crippen LogP contribution in [-0.2, 0) is 19.4 Å². The van der Waals surface area contributed by atoms with E-state index in [1.54, 1.807) is 4.90 Å². The van der Waals surface area contributed by atoms with E-state index in [1.165, 1.54) is 11.1 Å². The predicted octanol–water partition coefficient (Wildman–Crippen LogP) is 3.66. The molecule has 3 aromatic carbocycles. The Hall–Kier alpha value is -3.80. The molecule has 2 N–H and O–H groups in total. The smallest absolute Gasteiger partial charge is 0.258 e. The van der Waals surface area contributed by atoms with Crippen molar-refractivity contribution in [1.82, 2.24) is 4.90 Å². The van der Waals surface area contributed by atoms with Gasteiger partial charge in [-0.25, -0.2) is 4.99 Å². The third-order valence-corrected chi connectivity index (χ3v) is 6.65. The molecule has 2 aliphatic heterocycles. The van der Waals surface area contributed by atoms with E-state index in [0.29, 0.717) is 37.3 Å². The van der Waals surface area contributed by atoms with Crippen molar-refractivity contribution in [3.05, 3.63) is 89.0 Å². The van der Waals surface area contributed by atoms with Crippen LogP contribution >= 0.6 is 0 Å². The maximum Gasteiger partial charge on any atom is 0.258 e. The van der Waals surface area contributed by atoms with Crippen molar-refractivity contribution < 1.29 is 9.53 Å². The van der Waals surface area contributed by atoms with Crippen LogP contribution in [0, 0.1) is 0 Å². The number of amides is 1. The van der Waals surface area contributed by atoms with Gasteiger partial charge in [-0.15, -0.1) is 0 Å². The van der Waals surface area contributed by atoms with Crippen molar-refractivity contribution >= 4 is 23.2 Å². The first-order valence-electron chi connectivity index (χ1n) is 11.0. The van der Waals surface area contributed by atoms with Crippen molar-refractivity contribution in [2.45, 2.75) is 25.4 Å². The second kappa shape index (κ2) is 7.41. The second-order valence-corrected chi connectivity index (χ2v) is 8.55. The summed E-state index contributed by atoms with van der Waals surface area (Å²) in [6.07, 6.45) is 1.96. The molecular weight excluding hydrogens is 400 g/mol. The number of guanidine groups is 1. The van der Waals surface area contributed by atoms with Crippen LogP contribution < -0.4 is 15.4 Å². The first kappa shape index (κ1) is 18.9. The Kier molecular flexibility index (Phi) is 4.38. The number of ether oxygens (including phenoxy) is 1. The number of carbonyl (C=O) groups excluding carboxylic acids is 1. The number of hydrogen-bond donors (Lipinski definition) is 1. The normalized spacial score (nSPS) is 17.2. The minimum absolute atomic E-state index is 0.0500. The summed E-state index contributed by atoms with van der Waals surface area (Å²) in [7, 11) is 0. The zero-order chi connectivity index (χ0) is 21.7. The number of rotatable bonds is 2. The molecule has 6 nitrogen and oxygen atoms in total. The Morgan fingerprint density at radius 2 is 1.72 bits per heavy atom. The molecule has 0 saturated carbocycles. The van der Waals surface area contributed by atoms with Crippen LogP contribution in [0.15, 0.2) is 71.7 Å². The molecule has 3 aromatic rings. The molecule has 2 heterocycles. The summed E-state index contributed by atoms with van der Waals surface area (Å²) in [6.45, 7) is 1.71. The summed E-state index contributed by atoms with van der Waals surface area (Å²) < 4.78 is 5.69. The molecule has 0 bridgehead atoms. The van der Waals surface area contributed by atoms with Crippen LogP contribution in [0.5, 0.6) is 5.75 Å². The Labute approximate surface area is 186 Å². The molecule has 0 unspecified atom stereocenters. The van der Waals surface area contributed by atoms with Gasteiger partial charge >= 0.3 is 0 Å². The van der Waals surface area contributed by atoms with Crippen LogP contribution in [-0.4, -0.2) is 36.0 Å². The zero-order valence-corrected chi connectivity index (χ0v) is 17.7. The van der Waals surface area contributed by atoms with Crippen LogP contribution in [0.1, 0.15) is 27.0 Å². The summed E-state index contributed by atoms with van der Waals surface area (Å²) in [5.41, 5.74) is 12.5. The summed E-state index contributed by atoms with van der Waals surface area (Å²) in [6, 6.07) is 22.3. The minimum atomic E-state index is -0.0500. The zero-order valence-electron chi connectivity index (χ0n) is 17.7. The number of hydrogen-bond acceptors (Lipinski definition) is 5. The van der Waals surface area contributed by atoms with Crippen molar-refractivity contribution in [2.24, 2.45) is 10.7 Å². The van der Waals surface area contributed by atoms with Crippen molar-refractivity contribution in [3.63, 3.8) is 0 Å². The van der Waals surface area contributed by atoms with Gasteiger partial charge in [-0.3, -0.25) is 4.79 Å². The highest BCUT2D eigenvalue weighted by atomic mass is 16.5. The Morgan fingerprint density at radius 1 is 0.969 bits per heavy atom. The average molecular weight is 425 g/mol. The fraction of sp³-hybridized carbons (Fsp3) is 0.231. The Bertz CT molecular complexity index is 1230. The highest BCUT2D eigenvalue weighted by Gasteiger charge is 2.31. The van der Waals surface area contributed by atoms with Gasteiger partial charge in [-0.2, -0.15) is 0 Å². The van der Waals surface area contributed by atoms with E-state index in [2.05, 4.69) is 29.2 Å². The van der Waals surface area contributed by atoms with E-state index < -0.39 is 0 Å². The molecule has 6 heteroatoms. The fourth-order valence-electron chi connectivity index (χ4n) is 5.00. The third-order valence-electron chi connectivity index (χ3n) is 6.65. The largest absolute Gasteiger partial charge is 0.490 e. The van der Waals surface area contributed by atoms with Gasteiger partial charge in [0.15, 0.2) is 5.96 Å². The fourth-order valence-corrected chi connectivity index (χ4v) is 5.00. The molecule has 1 amide bonds. The topological polar surface area (TPSA) is 71.2 Å². The molecule has 32 heavy (non-hydrogen) atoms. The first-order chi connectivity index (χ1) is 15.7. The summed E-state index contributed by atoms with van der Waals surface area (Å²) in [5, 5.41) is 0. The van der Waals surface area contributed by atoms with E-state index in [4.69, 9.17) is 15.5 Å². The van der Waals surface area contributed by atoms with E-state index >= 15 is 0 Å². The molecule has 0 saturated heterocycles. The Morgan fingerprint density at radius 3 is 2.53 bits per heavy atom. The van der Waals surface area contributed by atoms with Crippen molar-refractivity contribution in [3.8, 4) is 5.75 Å². The van der Waals surface area contributed by atoms with Gasteiger partial charge in [-0.05, 0) is 53.8 Å². The number of nitrogens with two attached hydrogens (primary N) is 1. The highest BCUT2D eigenvalue weighted by Crippen LogP contribution is 2.35. The number of fused-ring (bicyclic) bond motifs is 3. The molecular formula is C26H24N4O2. The minimum Gasteiger partial charge on any atom is -0.490 e. The maximum absolute atomic E-state index is 13.3. The lowest BCUT2D eigenvalue weighted by molar-refractivity contribution is 0.0976. The number of anilines is 1. The molecule has 160 valence electrons. The van der Waals surface area contributed by atoms with E-state index in [1.807, 2.05) is 42.5 Å². The molecule has 1 aliphatic carbocycles. The van der Waals surface area contributed by atoms with Gasteiger partial charge in [0.2, 0.25) is 0 Å². The number of carbonyl (C=O) groups is 1. The molecule has 0 atom stereocenters. The average Bonchev–Trinajstić information content (AvgIpc) is 3.26. The standard InChI is InChI=1S/C26H24N4O2/c27-26-28-22-15-19(25(31)29-11-12-32-24-8-4-3-7-23(24)29)9-10-20(22)16-30(26)21-13-17-5-1-2-6-18(17)14-21/h1-10,15,21H,11-14,16H2,(H2,27,28). The molecule has 0 radical (unpaired) electrons. The van der Waals surface area contributed by atoms with Crippen LogP contribution in [0.4, 0.5) is 11.4 Å². The van der Waals surface area contributed by atoms with Crippen molar-refractivity contribution in [1.29, 1.82) is 0 Å². The van der Waals surface area contributed by atoms with E-state index in [-0.39, 0.29) is 5.91 Å². The molecule has 0 fully saturated rings.